The molecule has 0 amide bonds. The summed E-state index contributed by atoms with van der Waals surface area (Å²) in [5, 5.41) is 2.11. The average Bonchev–Trinajstić information content (AvgIpc) is 2.56. The topological polar surface area (TPSA) is 28.2 Å². The third-order valence-electron chi connectivity index (χ3n) is 3.40. The minimum absolute atomic E-state index is 0.695. The minimum Gasteiger partial charge on any atom is -0.298 e. The minimum atomic E-state index is 0.695. The molecule has 0 bridgehead atoms. The van der Waals surface area contributed by atoms with Gasteiger partial charge in [0.25, 0.3) is 0 Å². The summed E-state index contributed by atoms with van der Waals surface area (Å²) in [6.07, 6.45) is 1.86. The first-order chi connectivity index (χ1) is 10.8. The number of nitrogens with one attached hydrogen (secondary N) is 1. The zero-order valence-corrected chi connectivity index (χ0v) is 12.6. The van der Waals surface area contributed by atoms with Crippen LogP contribution in [0.4, 0.5) is 11.4 Å². The second-order valence-corrected chi connectivity index (χ2v) is 5.22. The van der Waals surface area contributed by atoms with E-state index in [4.69, 9.17) is 0 Å². The Balaban J connectivity index is 1.86. The molecule has 0 unspecified atom stereocenters. The lowest BCUT2D eigenvalue weighted by Gasteiger charge is -2.26. The van der Waals surface area contributed by atoms with Crippen molar-refractivity contribution in [2.24, 2.45) is 0 Å². The van der Waals surface area contributed by atoms with Crippen LogP contribution in [0.1, 0.15) is 11.3 Å². The van der Waals surface area contributed by atoms with Crippen LogP contribution >= 0.6 is 0 Å². The summed E-state index contributed by atoms with van der Waals surface area (Å²) in [5.74, 6) is 0. The van der Waals surface area contributed by atoms with E-state index >= 15 is 0 Å². The van der Waals surface area contributed by atoms with E-state index in [2.05, 4.69) is 52.7 Å². The maximum Gasteiger partial charge on any atom is 0.0816 e. The van der Waals surface area contributed by atoms with Crippen LogP contribution in [0.25, 0.3) is 0 Å². The quantitative estimate of drug-likeness (QED) is 0.705. The van der Waals surface area contributed by atoms with Crippen molar-refractivity contribution >= 4 is 11.4 Å². The van der Waals surface area contributed by atoms with Gasteiger partial charge in [0, 0.05) is 6.20 Å². The van der Waals surface area contributed by atoms with Gasteiger partial charge in [0.1, 0.15) is 0 Å². The molecule has 3 rings (SSSR count). The molecular formula is C19H19N3. The Morgan fingerprint density at radius 3 is 2.27 bits per heavy atom. The number of pyridine rings is 1. The molecule has 0 radical (unpaired) electrons. The van der Waals surface area contributed by atoms with Crippen LogP contribution in [-0.2, 0) is 6.54 Å². The van der Waals surface area contributed by atoms with Crippen LogP contribution in [-0.4, -0.2) is 4.98 Å². The Labute approximate surface area is 131 Å². The number of hydrogen-bond donors (Lipinski definition) is 1. The summed E-state index contributed by atoms with van der Waals surface area (Å²) in [6, 6.07) is 24.6. The lowest BCUT2D eigenvalue weighted by Crippen LogP contribution is -2.29. The van der Waals surface area contributed by atoms with E-state index in [9.17, 15) is 0 Å². The van der Waals surface area contributed by atoms with E-state index in [0.717, 1.165) is 17.1 Å². The molecule has 110 valence electrons. The molecule has 0 saturated carbocycles. The van der Waals surface area contributed by atoms with E-state index in [1.165, 1.54) is 5.56 Å². The van der Waals surface area contributed by atoms with Crippen molar-refractivity contribution in [2.75, 3.05) is 10.4 Å². The molecule has 1 heterocycles. The largest absolute Gasteiger partial charge is 0.298 e. The van der Waals surface area contributed by atoms with Crippen molar-refractivity contribution in [3.05, 3.63) is 90.3 Å². The second kappa shape index (κ2) is 6.76. The molecule has 2 aromatic carbocycles. The van der Waals surface area contributed by atoms with Gasteiger partial charge in [0.15, 0.2) is 0 Å². The van der Waals surface area contributed by atoms with Gasteiger partial charge >= 0.3 is 0 Å². The van der Waals surface area contributed by atoms with Crippen LogP contribution in [0.2, 0.25) is 0 Å². The molecule has 1 aromatic heterocycles. The predicted octanol–water partition coefficient (Wildman–Crippen LogP) is 4.42. The Hall–Kier alpha value is -2.81. The van der Waals surface area contributed by atoms with Gasteiger partial charge in [-0.1, -0.05) is 36.4 Å². The molecule has 0 aliphatic rings. The normalized spacial score (nSPS) is 10.2. The van der Waals surface area contributed by atoms with Gasteiger partial charge in [-0.15, -0.1) is 0 Å². The van der Waals surface area contributed by atoms with Gasteiger partial charge in [0.05, 0.1) is 23.6 Å². The molecule has 0 aliphatic heterocycles. The molecule has 1 N–H and O–H groups in total. The van der Waals surface area contributed by atoms with Gasteiger partial charge in [-0.3, -0.25) is 15.4 Å². The molecule has 3 nitrogen and oxygen atoms in total. The van der Waals surface area contributed by atoms with Crippen molar-refractivity contribution in [1.82, 2.24) is 4.98 Å². The summed E-state index contributed by atoms with van der Waals surface area (Å²) in [4.78, 5) is 4.46. The van der Waals surface area contributed by atoms with Gasteiger partial charge in [0.2, 0.25) is 0 Å². The number of aromatic nitrogens is 1. The van der Waals surface area contributed by atoms with Crippen molar-refractivity contribution in [3.8, 4) is 0 Å². The van der Waals surface area contributed by atoms with Crippen molar-refractivity contribution in [1.29, 1.82) is 0 Å². The van der Waals surface area contributed by atoms with Gasteiger partial charge in [-0.25, -0.2) is 0 Å². The highest BCUT2D eigenvalue weighted by Crippen LogP contribution is 2.18. The number of benzene rings is 2. The number of hydrogen-bond acceptors (Lipinski definition) is 3. The molecule has 0 fully saturated rings. The highest BCUT2D eigenvalue weighted by atomic mass is 15.5. The van der Waals surface area contributed by atoms with E-state index < -0.39 is 0 Å². The van der Waals surface area contributed by atoms with Crippen molar-refractivity contribution in [2.45, 2.75) is 13.5 Å². The number of nitrogens with zero attached hydrogens (tertiary/aromatic N) is 2. The van der Waals surface area contributed by atoms with E-state index in [1.807, 2.05) is 48.7 Å². The maximum absolute atomic E-state index is 4.46. The fraction of sp³-hybridized carbons (Fsp3) is 0.105. The fourth-order valence-corrected chi connectivity index (χ4v) is 2.32. The third kappa shape index (κ3) is 3.64. The van der Waals surface area contributed by atoms with Crippen LogP contribution in [0.5, 0.6) is 0 Å². The SMILES string of the molecule is Cc1ccnc(CN(Nc2ccccc2)c2ccccc2)c1. The summed E-state index contributed by atoms with van der Waals surface area (Å²) >= 11 is 0. The number of rotatable bonds is 5. The smallest absolute Gasteiger partial charge is 0.0816 e. The molecule has 0 saturated heterocycles. The van der Waals surface area contributed by atoms with E-state index in [1.54, 1.807) is 0 Å². The Bertz CT molecular complexity index is 711. The number of hydrazine groups is 1. The van der Waals surface area contributed by atoms with Crippen molar-refractivity contribution < 1.29 is 0 Å². The standard InChI is InChI=1S/C19H19N3/c1-16-12-13-20-18(14-16)15-22(19-10-6-3-7-11-19)21-17-8-4-2-5-9-17/h2-14,21H,15H2,1H3. The van der Waals surface area contributed by atoms with Crippen LogP contribution < -0.4 is 10.4 Å². The highest BCUT2D eigenvalue weighted by Gasteiger charge is 2.08. The molecular weight excluding hydrogens is 270 g/mol. The molecule has 0 spiro atoms. The molecule has 0 atom stereocenters. The lowest BCUT2D eigenvalue weighted by atomic mass is 10.2. The van der Waals surface area contributed by atoms with Crippen molar-refractivity contribution in [3.63, 3.8) is 0 Å². The zero-order chi connectivity index (χ0) is 15.2. The highest BCUT2D eigenvalue weighted by molar-refractivity contribution is 5.55. The summed E-state index contributed by atoms with van der Waals surface area (Å²) in [5.41, 5.74) is 7.87. The Kier molecular flexibility index (Phi) is 4.35. The Morgan fingerprint density at radius 1 is 0.909 bits per heavy atom. The van der Waals surface area contributed by atoms with Crippen LogP contribution in [0.3, 0.4) is 0 Å². The lowest BCUT2D eigenvalue weighted by molar-refractivity contribution is 0.869. The first-order valence-corrected chi connectivity index (χ1v) is 7.37. The number of para-hydroxylation sites is 2. The van der Waals surface area contributed by atoms with Gasteiger partial charge < -0.3 is 0 Å². The average molecular weight is 289 g/mol. The van der Waals surface area contributed by atoms with E-state index in [0.29, 0.717) is 6.54 Å². The molecule has 3 aromatic rings. The maximum atomic E-state index is 4.46. The summed E-state index contributed by atoms with van der Waals surface area (Å²) < 4.78 is 0. The molecule has 0 aliphatic carbocycles. The number of anilines is 2. The third-order valence-corrected chi connectivity index (χ3v) is 3.40. The van der Waals surface area contributed by atoms with Crippen LogP contribution in [0.15, 0.2) is 79.0 Å². The predicted molar refractivity (Wildman–Crippen MR) is 91.7 cm³/mol. The molecule has 3 heteroatoms. The van der Waals surface area contributed by atoms with Gasteiger partial charge in [-0.05, 0) is 48.9 Å². The van der Waals surface area contributed by atoms with Crippen LogP contribution in [0, 0.1) is 6.92 Å². The monoisotopic (exact) mass is 289 g/mol. The second-order valence-electron chi connectivity index (χ2n) is 5.22. The van der Waals surface area contributed by atoms with Gasteiger partial charge in [-0.2, -0.15) is 0 Å². The first-order valence-electron chi connectivity index (χ1n) is 7.37. The Morgan fingerprint density at radius 2 is 1.59 bits per heavy atom. The fourth-order valence-electron chi connectivity index (χ4n) is 2.32. The molecule has 22 heavy (non-hydrogen) atoms. The number of aryl methyl sites for hydroxylation is 1. The zero-order valence-electron chi connectivity index (χ0n) is 12.6. The summed E-state index contributed by atoms with van der Waals surface area (Å²) in [6.45, 7) is 2.78. The first kappa shape index (κ1) is 14.1. The van der Waals surface area contributed by atoms with E-state index in [-0.39, 0.29) is 0 Å². The summed E-state index contributed by atoms with van der Waals surface area (Å²) in [7, 11) is 0.